The highest BCUT2D eigenvalue weighted by Gasteiger charge is 1.90. The molecule has 1 aromatic rings. The molecule has 0 atom stereocenters. The summed E-state index contributed by atoms with van der Waals surface area (Å²) in [6.07, 6.45) is 3.18. The highest BCUT2D eigenvalue weighted by Crippen LogP contribution is 1.81. The van der Waals surface area contributed by atoms with Crippen LogP contribution in [0.3, 0.4) is 0 Å². The standard InChI is InChI=1S/C5H6N2O/c1-5(8)7-4-2-3-6-7/h2-4H,1H3. The summed E-state index contributed by atoms with van der Waals surface area (Å²) in [7, 11) is 0. The van der Waals surface area contributed by atoms with Crippen LogP contribution in [0.15, 0.2) is 18.5 Å². The van der Waals surface area contributed by atoms with Crippen LogP contribution in [0.25, 0.3) is 0 Å². The third-order valence-corrected chi connectivity index (χ3v) is 0.827. The molecule has 0 aliphatic heterocycles. The number of nitrogens with zero attached hydrogens (tertiary/aromatic N) is 2. The predicted molar refractivity (Wildman–Crippen MR) is 28.5 cm³/mol. The first kappa shape index (κ1) is 5.03. The summed E-state index contributed by atoms with van der Waals surface area (Å²) in [6.45, 7) is 1.47. The van der Waals surface area contributed by atoms with Crippen molar-refractivity contribution in [3.63, 3.8) is 0 Å². The maximum atomic E-state index is 10.4. The average molecular weight is 110 g/mol. The minimum Gasteiger partial charge on any atom is -0.273 e. The minimum absolute atomic E-state index is 0.0602. The molecule has 0 unspecified atom stereocenters. The van der Waals surface area contributed by atoms with Crippen molar-refractivity contribution < 1.29 is 4.79 Å². The highest BCUT2D eigenvalue weighted by molar-refractivity contribution is 5.74. The summed E-state index contributed by atoms with van der Waals surface area (Å²) in [5, 5.41) is 3.68. The van der Waals surface area contributed by atoms with Crippen LogP contribution in [0, 0.1) is 0 Å². The van der Waals surface area contributed by atoms with Gasteiger partial charge in [-0.2, -0.15) is 5.10 Å². The molecular weight excluding hydrogens is 104 g/mol. The molecule has 42 valence electrons. The van der Waals surface area contributed by atoms with E-state index in [-0.39, 0.29) is 5.91 Å². The maximum absolute atomic E-state index is 10.4. The Morgan fingerprint density at radius 3 is 2.75 bits per heavy atom. The molecule has 1 rings (SSSR count). The lowest BCUT2D eigenvalue weighted by Crippen LogP contribution is -2.04. The van der Waals surface area contributed by atoms with E-state index in [0.717, 1.165) is 0 Å². The molecule has 0 spiro atoms. The number of carbonyl (C=O) groups is 1. The predicted octanol–water partition coefficient (Wildman–Crippen LogP) is 0.543. The second kappa shape index (κ2) is 1.78. The van der Waals surface area contributed by atoms with E-state index in [0.29, 0.717) is 0 Å². The Hall–Kier alpha value is -1.12. The van der Waals surface area contributed by atoms with Gasteiger partial charge in [-0.15, -0.1) is 0 Å². The van der Waals surface area contributed by atoms with Gasteiger partial charge in [0.15, 0.2) is 0 Å². The van der Waals surface area contributed by atoms with E-state index in [1.165, 1.54) is 11.6 Å². The molecule has 0 saturated heterocycles. The van der Waals surface area contributed by atoms with Gasteiger partial charge in [0.1, 0.15) is 0 Å². The van der Waals surface area contributed by atoms with Gasteiger partial charge in [0.2, 0.25) is 5.91 Å². The van der Waals surface area contributed by atoms with Crippen LogP contribution in [0.4, 0.5) is 0 Å². The summed E-state index contributed by atoms with van der Waals surface area (Å²) in [4.78, 5) is 10.4. The van der Waals surface area contributed by atoms with Crippen molar-refractivity contribution in [2.45, 2.75) is 6.92 Å². The Bertz CT molecular complexity index is 178. The molecule has 0 amide bonds. The largest absolute Gasteiger partial charge is 0.273 e. The highest BCUT2D eigenvalue weighted by atomic mass is 16.2. The number of hydrogen-bond donors (Lipinski definition) is 0. The van der Waals surface area contributed by atoms with Crippen molar-refractivity contribution in [2.75, 3.05) is 0 Å². The van der Waals surface area contributed by atoms with E-state index in [1.807, 2.05) is 0 Å². The first-order valence-corrected chi connectivity index (χ1v) is 2.31. The number of rotatable bonds is 0. The Morgan fingerprint density at radius 1 is 1.75 bits per heavy atom. The minimum atomic E-state index is -0.0602. The molecule has 0 aliphatic rings. The van der Waals surface area contributed by atoms with Crippen molar-refractivity contribution in [2.24, 2.45) is 0 Å². The lowest BCUT2D eigenvalue weighted by Gasteiger charge is -1.86. The first-order valence-electron chi connectivity index (χ1n) is 2.31. The van der Waals surface area contributed by atoms with Crippen LogP contribution < -0.4 is 0 Å². The Kier molecular flexibility index (Phi) is 1.12. The van der Waals surface area contributed by atoms with Crippen molar-refractivity contribution in [3.05, 3.63) is 18.5 Å². The fourth-order valence-corrected chi connectivity index (χ4v) is 0.455. The van der Waals surface area contributed by atoms with Crippen LogP contribution in [0.2, 0.25) is 0 Å². The zero-order valence-corrected chi connectivity index (χ0v) is 4.53. The van der Waals surface area contributed by atoms with E-state index in [4.69, 9.17) is 0 Å². The smallest absolute Gasteiger partial charge is 0.243 e. The van der Waals surface area contributed by atoms with Gasteiger partial charge in [0.25, 0.3) is 0 Å². The maximum Gasteiger partial charge on any atom is 0.243 e. The van der Waals surface area contributed by atoms with Gasteiger partial charge >= 0.3 is 0 Å². The van der Waals surface area contributed by atoms with Crippen LogP contribution in [-0.2, 0) is 0 Å². The summed E-state index contributed by atoms with van der Waals surface area (Å²) >= 11 is 0. The van der Waals surface area contributed by atoms with Crippen LogP contribution in [-0.4, -0.2) is 15.7 Å². The van der Waals surface area contributed by atoms with Gasteiger partial charge in [-0.3, -0.25) is 4.79 Å². The molecule has 0 radical (unpaired) electrons. The number of hydrogen-bond acceptors (Lipinski definition) is 2. The van der Waals surface area contributed by atoms with Crippen LogP contribution in [0.1, 0.15) is 11.7 Å². The molecule has 0 aromatic carbocycles. The zero-order chi connectivity index (χ0) is 5.98. The van der Waals surface area contributed by atoms with Crippen LogP contribution >= 0.6 is 0 Å². The van der Waals surface area contributed by atoms with Gasteiger partial charge < -0.3 is 0 Å². The molecule has 3 heteroatoms. The summed E-state index contributed by atoms with van der Waals surface area (Å²) in [6, 6.07) is 1.71. The fourth-order valence-electron chi connectivity index (χ4n) is 0.455. The van der Waals surface area contributed by atoms with Gasteiger partial charge in [0.05, 0.1) is 0 Å². The van der Waals surface area contributed by atoms with Crippen molar-refractivity contribution >= 4 is 5.91 Å². The second-order valence-corrected chi connectivity index (χ2v) is 1.47. The molecule has 0 bridgehead atoms. The monoisotopic (exact) mass is 110 g/mol. The first-order chi connectivity index (χ1) is 3.80. The van der Waals surface area contributed by atoms with Crippen LogP contribution in [0.5, 0.6) is 0 Å². The van der Waals surface area contributed by atoms with Gasteiger partial charge in [-0.05, 0) is 6.07 Å². The van der Waals surface area contributed by atoms with E-state index in [1.54, 1.807) is 18.5 Å². The third-order valence-electron chi connectivity index (χ3n) is 0.827. The molecule has 0 saturated carbocycles. The van der Waals surface area contributed by atoms with Crippen molar-refractivity contribution in [3.8, 4) is 0 Å². The fraction of sp³-hybridized carbons (Fsp3) is 0.200. The Labute approximate surface area is 46.9 Å². The number of carbonyl (C=O) groups excluding carboxylic acids is 1. The van der Waals surface area contributed by atoms with Crippen molar-refractivity contribution in [1.29, 1.82) is 0 Å². The summed E-state index contributed by atoms with van der Waals surface area (Å²) < 4.78 is 1.28. The molecular formula is C5H6N2O. The number of aromatic nitrogens is 2. The third kappa shape index (κ3) is 0.753. The van der Waals surface area contributed by atoms with E-state index < -0.39 is 0 Å². The molecule has 3 nitrogen and oxygen atoms in total. The Morgan fingerprint density at radius 2 is 2.50 bits per heavy atom. The SMILES string of the molecule is CC(=O)n1cccn1. The van der Waals surface area contributed by atoms with E-state index in [9.17, 15) is 4.79 Å². The lowest BCUT2D eigenvalue weighted by molar-refractivity contribution is 0.0921. The molecule has 1 heterocycles. The molecule has 0 fully saturated rings. The van der Waals surface area contributed by atoms with Gasteiger partial charge in [0, 0.05) is 19.3 Å². The zero-order valence-electron chi connectivity index (χ0n) is 4.53. The normalized spacial score (nSPS) is 9.12. The van der Waals surface area contributed by atoms with E-state index >= 15 is 0 Å². The summed E-state index contributed by atoms with van der Waals surface area (Å²) in [5.41, 5.74) is 0. The molecule has 1 aromatic heterocycles. The quantitative estimate of drug-likeness (QED) is 0.488. The Balaban J connectivity index is 2.93. The summed E-state index contributed by atoms with van der Waals surface area (Å²) in [5.74, 6) is -0.0602. The molecule has 0 N–H and O–H groups in total. The molecule has 0 aliphatic carbocycles. The lowest BCUT2D eigenvalue weighted by atomic mass is 10.7. The van der Waals surface area contributed by atoms with E-state index in [2.05, 4.69) is 5.10 Å². The molecule has 8 heavy (non-hydrogen) atoms. The van der Waals surface area contributed by atoms with Gasteiger partial charge in [-0.1, -0.05) is 0 Å². The topological polar surface area (TPSA) is 34.9 Å². The average Bonchev–Trinajstić information content (AvgIpc) is 2.12. The van der Waals surface area contributed by atoms with Crippen molar-refractivity contribution in [1.82, 2.24) is 9.78 Å². The second-order valence-electron chi connectivity index (χ2n) is 1.47. The van der Waals surface area contributed by atoms with Gasteiger partial charge in [-0.25, -0.2) is 4.68 Å².